The predicted octanol–water partition coefficient (Wildman–Crippen LogP) is 5.85. The number of ketones is 1. The first-order valence-corrected chi connectivity index (χ1v) is 9.44. The molecule has 0 radical (unpaired) electrons. The number of benzene rings is 3. The molecular formula is C25H22N2O. The highest BCUT2D eigenvalue weighted by Gasteiger charge is 2.16. The minimum absolute atomic E-state index is 0.0222. The molecule has 0 saturated heterocycles. The van der Waals surface area contributed by atoms with Gasteiger partial charge in [0.1, 0.15) is 5.82 Å². The molecule has 1 heterocycles. The second-order valence-corrected chi connectivity index (χ2v) is 6.98. The van der Waals surface area contributed by atoms with E-state index >= 15 is 0 Å². The van der Waals surface area contributed by atoms with Gasteiger partial charge in [-0.1, -0.05) is 72.3 Å². The van der Waals surface area contributed by atoms with Crippen LogP contribution in [0.15, 0.2) is 84.9 Å². The summed E-state index contributed by atoms with van der Waals surface area (Å²) in [4.78, 5) is 17.3. The van der Waals surface area contributed by atoms with E-state index in [1.165, 1.54) is 5.56 Å². The smallest absolute Gasteiger partial charge is 0.185 e. The Bertz CT molecular complexity index is 1140. The van der Waals surface area contributed by atoms with Crippen LogP contribution in [0.2, 0.25) is 0 Å². The van der Waals surface area contributed by atoms with Gasteiger partial charge in [-0.05, 0) is 43.7 Å². The Labute approximate surface area is 165 Å². The fourth-order valence-electron chi connectivity index (χ4n) is 3.43. The van der Waals surface area contributed by atoms with E-state index in [0.29, 0.717) is 5.56 Å². The van der Waals surface area contributed by atoms with Crippen molar-refractivity contribution < 1.29 is 4.79 Å². The Morgan fingerprint density at radius 2 is 1.61 bits per heavy atom. The van der Waals surface area contributed by atoms with Crippen LogP contribution < -0.4 is 0 Å². The lowest BCUT2D eigenvalue weighted by molar-refractivity contribution is 0.104. The average molecular weight is 366 g/mol. The van der Waals surface area contributed by atoms with Crippen molar-refractivity contribution in [2.45, 2.75) is 19.9 Å². The predicted molar refractivity (Wildman–Crippen MR) is 115 cm³/mol. The molecule has 28 heavy (non-hydrogen) atoms. The van der Waals surface area contributed by atoms with Crippen molar-refractivity contribution in [1.82, 2.24) is 9.55 Å². The number of carbonyl (C=O) groups excluding carboxylic acids is 1. The highest BCUT2D eigenvalue weighted by atomic mass is 16.1. The van der Waals surface area contributed by atoms with Crippen LogP contribution in [0.3, 0.4) is 0 Å². The van der Waals surface area contributed by atoms with Crippen LogP contribution in [0, 0.1) is 6.92 Å². The van der Waals surface area contributed by atoms with Gasteiger partial charge in [0, 0.05) is 5.56 Å². The third kappa shape index (κ3) is 3.52. The highest BCUT2D eigenvalue weighted by molar-refractivity contribution is 6.06. The summed E-state index contributed by atoms with van der Waals surface area (Å²) in [6.45, 7) is 4.17. The maximum absolute atomic E-state index is 12.6. The highest BCUT2D eigenvalue weighted by Crippen LogP contribution is 2.26. The van der Waals surface area contributed by atoms with E-state index < -0.39 is 0 Å². The van der Waals surface area contributed by atoms with Crippen molar-refractivity contribution in [3.63, 3.8) is 0 Å². The molecule has 3 heteroatoms. The van der Waals surface area contributed by atoms with Crippen molar-refractivity contribution in [3.8, 4) is 0 Å². The van der Waals surface area contributed by atoms with Crippen LogP contribution in [0.4, 0.5) is 0 Å². The first-order valence-electron chi connectivity index (χ1n) is 9.44. The summed E-state index contributed by atoms with van der Waals surface area (Å²) in [5.74, 6) is 0.754. The molecule has 0 aliphatic carbocycles. The van der Waals surface area contributed by atoms with Gasteiger partial charge in [-0.15, -0.1) is 0 Å². The summed E-state index contributed by atoms with van der Waals surface area (Å²) in [6.07, 6.45) is 3.43. The molecule has 0 aliphatic rings. The van der Waals surface area contributed by atoms with Crippen LogP contribution in [-0.2, 0) is 0 Å². The van der Waals surface area contributed by atoms with Crippen LogP contribution in [0.1, 0.15) is 40.3 Å². The summed E-state index contributed by atoms with van der Waals surface area (Å²) in [5, 5.41) is 0. The van der Waals surface area contributed by atoms with Crippen molar-refractivity contribution in [1.29, 1.82) is 0 Å². The quantitative estimate of drug-likeness (QED) is 0.328. The largest absolute Gasteiger partial charge is 0.317 e. The number of aryl methyl sites for hydroxylation is 1. The van der Waals surface area contributed by atoms with E-state index in [9.17, 15) is 4.79 Å². The number of para-hydroxylation sites is 2. The first-order chi connectivity index (χ1) is 13.6. The summed E-state index contributed by atoms with van der Waals surface area (Å²) in [5.41, 5.74) is 5.00. The zero-order valence-corrected chi connectivity index (χ0v) is 16.0. The number of hydrogen-bond acceptors (Lipinski definition) is 2. The zero-order valence-electron chi connectivity index (χ0n) is 16.0. The van der Waals surface area contributed by atoms with Gasteiger partial charge >= 0.3 is 0 Å². The zero-order chi connectivity index (χ0) is 19.5. The van der Waals surface area contributed by atoms with E-state index in [1.807, 2.05) is 73.7 Å². The Kier molecular flexibility index (Phi) is 4.90. The van der Waals surface area contributed by atoms with Gasteiger partial charge in [0.05, 0.1) is 17.1 Å². The number of fused-ring (bicyclic) bond motifs is 1. The van der Waals surface area contributed by atoms with Crippen LogP contribution in [-0.4, -0.2) is 15.3 Å². The molecule has 3 aromatic carbocycles. The SMILES string of the molecule is Cc1ccc(C(=O)/C=C/c2nc3ccccc3n2C(C)c2ccccc2)cc1. The molecule has 0 N–H and O–H groups in total. The van der Waals surface area contributed by atoms with Crippen LogP contribution >= 0.6 is 0 Å². The Morgan fingerprint density at radius 1 is 0.929 bits per heavy atom. The third-order valence-electron chi connectivity index (χ3n) is 5.01. The number of nitrogens with zero attached hydrogens (tertiary/aromatic N) is 2. The number of hydrogen-bond donors (Lipinski definition) is 0. The van der Waals surface area contributed by atoms with Gasteiger partial charge in [0.25, 0.3) is 0 Å². The van der Waals surface area contributed by atoms with E-state index in [0.717, 1.165) is 22.4 Å². The van der Waals surface area contributed by atoms with Crippen molar-refractivity contribution in [2.75, 3.05) is 0 Å². The lowest BCUT2D eigenvalue weighted by Crippen LogP contribution is -2.08. The summed E-state index contributed by atoms with van der Waals surface area (Å²) >= 11 is 0. The molecular weight excluding hydrogens is 344 g/mol. The number of allylic oxidation sites excluding steroid dienone is 1. The number of imidazole rings is 1. The maximum atomic E-state index is 12.6. The normalized spacial score (nSPS) is 12.5. The fraction of sp³-hybridized carbons (Fsp3) is 0.120. The molecule has 138 valence electrons. The molecule has 1 aromatic heterocycles. The number of carbonyl (C=O) groups is 1. The monoisotopic (exact) mass is 366 g/mol. The Morgan fingerprint density at radius 3 is 2.36 bits per heavy atom. The average Bonchev–Trinajstić information content (AvgIpc) is 3.11. The molecule has 4 aromatic rings. The summed E-state index contributed by atoms with van der Waals surface area (Å²) in [6, 6.07) is 26.1. The molecule has 0 spiro atoms. The van der Waals surface area contributed by atoms with Crippen LogP contribution in [0.5, 0.6) is 0 Å². The van der Waals surface area contributed by atoms with Crippen molar-refractivity contribution >= 4 is 22.9 Å². The van der Waals surface area contributed by atoms with Gasteiger partial charge in [-0.25, -0.2) is 4.98 Å². The van der Waals surface area contributed by atoms with Gasteiger partial charge in [0.15, 0.2) is 5.78 Å². The Balaban J connectivity index is 1.74. The number of rotatable bonds is 5. The fourth-order valence-corrected chi connectivity index (χ4v) is 3.43. The Hall–Kier alpha value is -3.46. The van der Waals surface area contributed by atoms with E-state index in [2.05, 4.69) is 29.7 Å². The van der Waals surface area contributed by atoms with E-state index in [-0.39, 0.29) is 11.8 Å². The first kappa shape index (κ1) is 17.9. The molecule has 1 unspecified atom stereocenters. The third-order valence-corrected chi connectivity index (χ3v) is 5.01. The topological polar surface area (TPSA) is 34.9 Å². The minimum Gasteiger partial charge on any atom is -0.317 e. The molecule has 0 saturated carbocycles. The molecule has 4 rings (SSSR count). The maximum Gasteiger partial charge on any atom is 0.185 e. The second kappa shape index (κ2) is 7.65. The standard InChI is InChI=1S/C25H22N2O/c1-18-12-14-21(15-13-18)24(28)16-17-25-26-22-10-6-7-11-23(22)27(25)19(2)20-8-4-3-5-9-20/h3-17,19H,1-2H3/b17-16+. The van der Waals surface area contributed by atoms with Gasteiger partial charge < -0.3 is 4.57 Å². The van der Waals surface area contributed by atoms with Gasteiger partial charge in [-0.2, -0.15) is 0 Å². The lowest BCUT2D eigenvalue weighted by Gasteiger charge is -2.17. The molecule has 3 nitrogen and oxygen atoms in total. The van der Waals surface area contributed by atoms with Crippen molar-refractivity contribution in [2.24, 2.45) is 0 Å². The minimum atomic E-state index is -0.0222. The molecule has 1 atom stereocenters. The van der Waals surface area contributed by atoms with Crippen molar-refractivity contribution in [3.05, 3.63) is 107 Å². The van der Waals surface area contributed by atoms with Gasteiger partial charge in [-0.3, -0.25) is 4.79 Å². The van der Waals surface area contributed by atoms with Gasteiger partial charge in [0.2, 0.25) is 0 Å². The molecule has 0 bridgehead atoms. The lowest BCUT2D eigenvalue weighted by atomic mass is 10.1. The van der Waals surface area contributed by atoms with E-state index in [1.54, 1.807) is 6.08 Å². The molecule has 0 aliphatic heterocycles. The number of aromatic nitrogens is 2. The second-order valence-electron chi connectivity index (χ2n) is 6.98. The van der Waals surface area contributed by atoms with E-state index in [4.69, 9.17) is 4.98 Å². The summed E-state index contributed by atoms with van der Waals surface area (Å²) < 4.78 is 2.18. The molecule has 0 amide bonds. The molecule has 0 fully saturated rings. The van der Waals surface area contributed by atoms with Crippen LogP contribution in [0.25, 0.3) is 17.1 Å². The summed E-state index contributed by atoms with van der Waals surface area (Å²) in [7, 11) is 0.